The maximum absolute atomic E-state index is 11.8. The first-order chi connectivity index (χ1) is 9.63. The molecule has 1 aromatic heterocycles. The van der Waals surface area contributed by atoms with E-state index < -0.39 is 0 Å². The molecule has 0 saturated carbocycles. The zero-order valence-electron chi connectivity index (χ0n) is 12.4. The molecule has 20 heavy (non-hydrogen) atoms. The molecule has 112 valence electrons. The second kappa shape index (κ2) is 7.64. The number of carbonyl (C=O) groups excluding carboxylic acids is 1. The maximum atomic E-state index is 11.8. The molecule has 2 heterocycles. The lowest BCUT2D eigenvalue weighted by atomic mass is 10.00. The number of carbonyl (C=O) groups is 1. The summed E-state index contributed by atoms with van der Waals surface area (Å²) in [5, 5.41) is 7.94. The Balaban J connectivity index is 1.65. The lowest BCUT2D eigenvalue weighted by Crippen LogP contribution is -2.47. The lowest BCUT2D eigenvalue weighted by molar-refractivity contribution is 0.169. The molecule has 2 N–H and O–H groups in total. The van der Waals surface area contributed by atoms with E-state index >= 15 is 0 Å². The molecule has 4 nitrogen and oxygen atoms in total. The molecule has 0 spiro atoms. The van der Waals surface area contributed by atoms with Gasteiger partial charge in [-0.15, -0.1) is 11.3 Å². The van der Waals surface area contributed by atoms with Gasteiger partial charge in [0.15, 0.2) is 0 Å². The Kier molecular flexibility index (Phi) is 5.86. The van der Waals surface area contributed by atoms with Crippen molar-refractivity contribution in [1.29, 1.82) is 0 Å². The zero-order valence-corrected chi connectivity index (χ0v) is 13.2. The highest BCUT2D eigenvalue weighted by molar-refractivity contribution is 7.09. The quantitative estimate of drug-likeness (QED) is 0.877. The predicted molar refractivity (Wildman–Crippen MR) is 84.0 cm³/mol. The summed E-state index contributed by atoms with van der Waals surface area (Å²) in [6.45, 7) is 8.24. The van der Waals surface area contributed by atoms with Crippen LogP contribution in [0.25, 0.3) is 0 Å². The van der Waals surface area contributed by atoms with Gasteiger partial charge in [0.05, 0.1) is 6.54 Å². The van der Waals surface area contributed by atoms with Gasteiger partial charge >= 0.3 is 6.03 Å². The second-order valence-corrected chi connectivity index (χ2v) is 6.85. The van der Waals surface area contributed by atoms with Crippen LogP contribution in [-0.2, 0) is 6.54 Å². The van der Waals surface area contributed by atoms with Crippen LogP contribution in [0.3, 0.4) is 0 Å². The van der Waals surface area contributed by atoms with Crippen LogP contribution in [0.5, 0.6) is 0 Å². The highest BCUT2D eigenvalue weighted by Crippen LogP contribution is 2.15. The standard InChI is InChI=1S/C15H25N3OS/c1-12-5-3-7-18(10-12)11-13(2)17-15(19)16-9-14-6-4-8-20-14/h4,6,8,12-13H,3,5,7,9-11H2,1-2H3,(H2,16,17,19). The number of urea groups is 1. The monoisotopic (exact) mass is 295 g/mol. The Morgan fingerprint density at radius 3 is 3.15 bits per heavy atom. The molecular weight excluding hydrogens is 270 g/mol. The molecule has 0 radical (unpaired) electrons. The van der Waals surface area contributed by atoms with Gasteiger partial charge < -0.3 is 15.5 Å². The molecule has 2 atom stereocenters. The van der Waals surface area contributed by atoms with E-state index in [0.29, 0.717) is 6.54 Å². The third-order valence-electron chi connectivity index (χ3n) is 3.65. The lowest BCUT2D eigenvalue weighted by Gasteiger charge is -2.32. The van der Waals surface area contributed by atoms with Gasteiger partial charge in [0.2, 0.25) is 0 Å². The Hall–Kier alpha value is -1.07. The highest BCUT2D eigenvalue weighted by Gasteiger charge is 2.18. The number of hydrogen-bond acceptors (Lipinski definition) is 3. The summed E-state index contributed by atoms with van der Waals surface area (Å²) < 4.78 is 0. The van der Waals surface area contributed by atoms with Crippen LogP contribution < -0.4 is 10.6 Å². The second-order valence-electron chi connectivity index (χ2n) is 5.81. The average molecular weight is 295 g/mol. The molecule has 0 bridgehead atoms. The maximum Gasteiger partial charge on any atom is 0.315 e. The van der Waals surface area contributed by atoms with Crippen molar-refractivity contribution in [1.82, 2.24) is 15.5 Å². The fourth-order valence-corrected chi connectivity index (χ4v) is 3.39. The van der Waals surface area contributed by atoms with E-state index in [2.05, 4.69) is 29.4 Å². The first kappa shape index (κ1) is 15.3. The molecule has 5 heteroatoms. The van der Waals surface area contributed by atoms with Crippen LogP contribution in [-0.4, -0.2) is 36.6 Å². The summed E-state index contributed by atoms with van der Waals surface area (Å²) in [7, 11) is 0. The first-order valence-electron chi connectivity index (χ1n) is 7.42. The molecular formula is C15H25N3OS. The molecule has 1 fully saturated rings. The van der Waals surface area contributed by atoms with Gasteiger partial charge in [0.1, 0.15) is 0 Å². The van der Waals surface area contributed by atoms with Gasteiger partial charge in [-0.2, -0.15) is 0 Å². The zero-order chi connectivity index (χ0) is 14.4. The van der Waals surface area contributed by atoms with Gasteiger partial charge in [-0.05, 0) is 43.7 Å². The minimum atomic E-state index is -0.0732. The van der Waals surface area contributed by atoms with E-state index in [4.69, 9.17) is 0 Å². The molecule has 0 aromatic carbocycles. The summed E-state index contributed by atoms with van der Waals surface area (Å²) in [5.74, 6) is 0.781. The number of amides is 2. The number of nitrogens with one attached hydrogen (secondary N) is 2. The Labute approximate surface area is 125 Å². The highest BCUT2D eigenvalue weighted by atomic mass is 32.1. The molecule has 2 amide bonds. The molecule has 2 unspecified atom stereocenters. The Morgan fingerprint density at radius 2 is 2.45 bits per heavy atom. The topological polar surface area (TPSA) is 44.4 Å². The van der Waals surface area contributed by atoms with Crippen LogP contribution in [0.15, 0.2) is 17.5 Å². The minimum absolute atomic E-state index is 0.0732. The summed E-state index contributed by atoms with van der Waals surface area (Å²) in [5.41, 5.74) is 0. The number of nitrogens with zero attached hydrogens (tertiary/aromatic N) is 1. The van der Waals surface area contributed by atoms with Crippen molar-refractivity contribution >= 4 is 17.4 Å². The van der Waals surface area contributed by atoms with Gasteiger partial charge in [0.25, 0.3) is 0 Å². The van der Waals surface area contributed by atoms with Gasteiger partial charge in [-0.1, -0.05) is 13.0 Å². The van der Waals surface area contributed by atoms with Crippen molar-refractivity contribution in [2.24, 2.45) is 5.92 Å². The van der Waals surface area contributed by atoms with Crippen molar-refractivity contribution in [2.45, 2.75) is 39.3 Å². The van der Waals surface area contributed by atoms with Crippen molar-refractivity contribution in [3.05, 3.63) is 22.4 Å². The number of likely N-dealkylation sites (tertiary alicyclic amines) is 1. The largest absolute Gasteiger partial charge is 0.334 e. The van der Waals surface area contributed by atoms with E-state index in [1.165, 1.54) is 17.7 Å². The van der Waals surface area contributed by atoms with E-state index in [1.807, 2.05) is 17.5 Å². The number of rotatable bonds is 5. The van der Waals surface area contributed by atoms with Crippen molar-refractivity contribution in [3.63, 3.8) is 0 Å². The molecule has 0 aliphatic carbocycles. The smallest absolute Gasteiger partial charge is 0.315 e. The van der Waals surface area contributed by atoms with Crippen LogP contribution in [0.2, 0.25) is 0 Å². The van der Waals surface area contributed by atoms with Crippen LogP contribution in [0.1, 0.15) is 31.6 Å². The fraction of sp³-hybridized carbons (Fsp3) is 0.667. The minimum Gasteiger partial charge on any atom is -0.334 e. The number of thiophene rings is 1. The van der Waals surface area contributed by atoms with Crippen LogP contribution in [0, 0.1) is 5.92 Å². The summed E-state index contributed by atoms with van der Waals surface area (Å²) in [6, 6.07) is 4.14. The molecule has 1 aliphatic rings. The molecule has 2 rings (SSSR count). The van der Waals surface area contributed by atoms with E-state index in [9.17, 15) is 4.79 Å². The summed E-state index contributed by atoms with van der Waals surface area (Å²) >= 11 is 1.66. The van der Waals surface area contributed by atoms with Crippen LogP contribution in [0.4, 0.5) is 4.79 Å². The van der Waals surface area contributed by atoms with Crippen LogP contribution >= 0.6 is 11.3 Å². The predicted octanol–water partition coefficient (Wildman–Crippen LogP) is 2.67. The first-order valence-corrected chi connectivity index (χ1v) is 8.30. The van der Waals surface area contributed by atoms with Crippen molar-refractivity contribution in [2.75, 3.05) is 19.6 Å². The van der Waals surface area contributed by atoms with E-state index in [0.717, 1.165) is 25.6 Å². The Bertz CT molecular complexity index is 407. The normalized spacial score (nSPS) is 21.4. The molecule has 1 saturated heterocycles. The Morgan fingerprint density at radius 1 is 1.60 bits per heavy atom. The SMILES string of the molecule is CC1CCCN(CC(C)NC(=O)NCc2cccs2)C1. The fourth-order valence-electron chi connectivity index (χ4n) is 2.74. The molecule has 1 aromatic rings. The van der Waals surface area contributed by atoms with E-state index in [1.54, 1.807) is 11.3 Å². The van der Waals surface area contributed by atoms with Gasteiger partial charge in [0, 0.05) is 24.0 Å². The summed E-state index contributed by atoms with van der Waals surface area (Å²) in [4.78, 5) is 15.5. The number of piperidine rings is 1. The third-order valence-corrected chi connectivity index (χ3v) is 4.53. The van der Waals surface area contributed by atoms with Gasteiger partial charge in [-0.25, -0.2) is 4.79 Å². The molecule has 1 aliphatic heterocycles. The van der Waals surface area contributed by atoms with Crippen molar-refractivity contribution in [3.8, 4) is 0 Å². The van der Waals surface area contributed by atoms with Gasteiger partial charge in [-0.3, -0.25) is 0 Å². The van der Waals surface area contributed by atoms with E-state index in [-0.39, 0.29) is 12.1 Å². The van der Waals surface area contributed by atoms with Crippen molar-refractivity contribution < 1.29 is 4.79 Å². The summed E-state index contributed by atoms with van der Waals surface area (Å²) in [6.07, 6.45) is 2.61. The average Bonchev–Trinajstić information content (AvgIpc) is 2.89. The third kappa shape index (κ3) is 5.13. The number of hydrogen-bond donors (Lipinski definition) is 2.